The van der Waals surface area contributed by atoms with Gasteiger partial charge in [0.25, 0.3) is 0 Å². The monoisotopic (exact) mass is 367 g/mol. The third-order valence-electron chi connectivity index (χ3n) is 5.25. The maximum absolute atomic E-state index is 5.43. The van der Waals surface area contributed by atoms with Crippen LogP contribution >= 0.6 is 0 Å². The van der Waals surface area contributed by atoms with Gasteiger partial charge in [-0.2, -0.15) is 4.98 Å². The fourth-order valence-electron chi connectivity index (χ4n) is 3.23. The maximum atomic E-state index is 5.43. The molecule has 0 radical (unpaired) electrons. The van der Waals surface area contributed by atoms with Gasteiger partial charge in [-0.25, -0.2) is 4.98 Å². The molecule has 0 unspecified atom stereocenters. The molecule has 1 saturated carbocycles. The molecule has 0 amide bonds. The molecule has 2 heterocycles. The second kappa shape index (κ2) is 8.13. The van der Waals surface area contributed by atoms with Crippen molar-refractivity contribution >= 4 is 23.1 Å². The van der Waals surface area contributed by atoms with Crippen LogP contribution in [0.25, 0.3) is 0 Å². The van der Waals surface area contributed by atoms with E-state index < -0.39 is 0 Å². The van der Waals surface area contributed by atoms with Gasteiger partial charge in [0, 0.05) is 42.5 Å². The summed E-state index contributed by atoms with van der Waals surface area (Å²) < 4.78 is 5.43. The average Bonchev–Trinajstić information content (AvgIpc) is 3.54. The molecule has 2 aromatic rings. The third-order valence-corrected chi connectivity index (χ3v) is 5.25. The van der Waals surface area contributed by atoms with E-state index >= 15 is 0 Å². The molecular weight excluding hydrogens is 338 g/mol. The molecule has 0 bridgehead atoms. The molecule has 0 spiro atoms. The number of morpholine rings is 1. The summed E-state index contributed by atoms with van der Waals surface area (Å²) >= 11 is 0. The lowest BCUT2D eigenvalue weighted by molar-refractivity contribution is 0.122. The van der Waals surface area contributed by atoms with Crippen molar-refractivity contribution in [3.63, 3.8) is 0 Å². The summed E-state index contributed by atoms with van der Waals surface area (Å²) in [4.78, 5) is 11.8. The summed E-state index contributed by atoms with van der Waals surface area (Å²) in [6, 6.07) is 11.0. The van der Waals surface area contributed by atoms with Gasteiger partial charge in [0.2, 0.25) is 5.95 Å². The Labute approximate surface area is 161 Å². The van der Waals surface area contributed by atoms with E-state index in [-0.39, 0.29) is 0 Å². The summed E-state index contributed by atoms with van der Waals surface area (Å²) in [5.74, 6) is 2.17. The number of anilines is 4. The van der Waals surface area contributed by atoms with Crippen LogP contribution in [0, 0.1) is 0 Å². The lowest BCUT2D eigenvalue weighted by Gasteiger charge is -2.28. The van der Waals surface area contributed by atoms with Crippen LogP contribution < -0.4 is 15.5 Å². The number of hydrogen-bond donors (Lipinski definition) is 2. The normalized spacial score (nSPS) is 18.2. The second-order valence-electron chi connectivity index (χ2n) is 7.50. The van der Waals surface area contributed by atoms with E-state index in [0.29, 0.717) is 12.0 Å². The van der Waals surface area contributed by atoms with Crippen molar-refractivity contribution < 1.29 is 4.74 Å². The summed E-state index contributed by atoms with van der Waals surface area (Å²) in [7, 11) is 0. The Morgan fingerprint density at radius 2 is 1.89 bits per heavy atom. The number of aromatic nitrogens is 2. The minimum atomic E-state index is 0.361. The molecule has 1 aromatic heterocycles. The molecule has 6 nitrogen and oxygen atoms in total. The Hall–Kier alpha value is -2.34. The van der Waals surface area contributed by atoms with Crippen LogP contribution in [0.2, 0.25) is 0 Å². The molecule has 1 aliphatic carbocycles. The highest BCUT2D eigenvalue weighted by molar-refractivity contribution is 5.62. The number of rotatable bonds is 7. The van der Waals surface area contributed by atoms with Crippen molar-refractivity contribution in [1.82, 2.24) is 9.97 Å². The smallest absolute Gasteiger partial charge is 0.225 e. The molecule has 1 atom stereocenters. The van der Waals surface area contributed by atoms with E-state index in [2.05, 4.69) is 64.7 Å². The fraction of sp³-hybridized carbons (Fsp3) is 0.524. The molecule has 4 rings (SSSR count). The Morgan fingerprint density at radius 3 is 2.56 bits per heavy atom. The van der Waals surface area contributed by atoms with Crippen LogP contribution in [0.5, 0.6) is 0 Å². The van der Waals surface area contributed by atoms with Crippen LogP contribution in [0.15, 0.2) is 30.3 Å². The van der Waals surface area contributed by atoms with Crippen molar-refractivity contribution in [2.45, 2.75) is 45.1 Å². The number of nitrogens with one attached hydrogen (secondary N) is 2. The first-order valence-electron chi connectivity index (χ1n) is 10.1. The Balaban J connectivity index is 1.49. The maximum Gasteiger partial charge on any atom is 0.225 e. The molecule has 1 aliphatic heterocycles. The van der Waals surface area contributed by atoms with Crippen molar-refractivity contribution in [3.05, 3.63) is 36.0 Å². The van der Waals surface area contributed by atoms with Gasteiger partial charge in [-0.15, -0.1) is 0 Å². The lowest BCUT2D eigenvalue weighted by Crippen LogP contribution is -2.36. The number of hydrogen-bond acceptors (Lipinski definition) is 6. The van der Waals surface area contributed by atoms with Gasteiger partial charge in [-0.1, -0.05) is 6.92 Å². The predicted molar refractivity (Wildman–Crippen MR) is 110 cm³/mol. The van der Waals surface area contributed by atoms with E-state index in [4.69, 9.17) is 9.72 Å². The Kier molecular flexibility index (Phi) is 5.43. The van der Waals surface area contributed by atoms with E-state index in [9.17, 15) is 0 Å². The first kappa shape index (κ1) is 18.0. The van der Waals surface area contributed by atoms with Gasteiger partial charge in [-0.05, 0) is 50.5 Å². The zero-order chi connectivity index (χ0) is 18.6. The molecule has 1 saturated heterocycles. The first-order valence-corrected chi connectivity index (χ1v) is 10.1. The van der Waals surface area contributed by atoms with Gasteiger partial charge >= 0.3 is 0 Å². The molecule has 1 aromatic carbocycles. The zero-order valence-electron chi connectivity index (χ0n) is 16.2. The third kappa shape index (κ3) is 4.69. The Bertz CT molecular complexity index is 754. The fourth-order valence-corrected chi connectivity index (χ4v) is 3.23. The molecule has 144 valence electrons. The second-order valence-corrected chi connectivity index (χ2v) is 7.50. The van der Waals surface area contributed by atoms with Crippen LogP contribution in [0.3, 0.4) is 0 Å². The van der Waals surface area contributed by atoms with Gasteiger partial charge < -0.3 is 20.3 Å². The van der Waals surface area contributed by atoms with E-state index in [1.165, 1.54) is 18.5 Å². The van der Waals surface area contributed by atoms with Gasteiger partial charge in [-0.3, -0.25) is 0 Å². The first-order chi connectivity index (χ1) is 13.2. The van der Waals surface area contributed by atoms with Crippen LogP contribution in [-0.2, 0) is 4.74 Å². The van der Waals surface area contributed by atoms with Gasteiger partial charge in [0.1, 0.15) is 5.82 Å². The SMILES string of the molecule is CC[C@H](C)Nc1nc(Nc2ccc(N3CCOCC3)cc2)cc(C2CC2)n1. The van der Waals surface area contributed by atoms with Crippen molar-refractivity contribution in [2.24, 2.45) is 0 Å². The molecule has 2 N–H and O–H groups in total. The molecule has 27 heavy (non-hydrogen) atoms. The summed E-state index contributed by atoms with van der Waals surface area (Å²) in [5, 5.41) is 6.87. The van der Waals surface area contributed by atoms with E-state index in [1.807, 2.05) is 0 Å². The molecule has 6 heteroatoms. The quantitative estimate of drug-likeness (QED) is 0.767. The minimum Gasteiger partial charge on any atom is -0.378 e. The largest absolute Gasteiger partial charge is 0.378 e. The molecular formula is C21H29N5O. The highest BCUT2D eigenvalue weighted by atomic mass is 16.5. The molecule has 2 fully saturated rings. The van der Waals surface area contributed by atoms with Gasteiger partial charge in [0.05, 0.1) is 18.9 Å². The van der Waals surface area contributed by atoms with Gasteiger partial charge in [0.15, 0.2) is 0 Å². The lowest BCUT2D eigenvalue weighted by atomic mass is 10.2. The Morgan fingerprint density at radius 1 is 1.15 bits per heavy atom. The summed E-state index contributed by atoms with van der Waals surface area (Å²) in [6.45, 7) is 7.83. The van der Waals surface area contributed by atoms with Crippen molar-refractivity contribution in [3.8, 4) is 0 Å². The van der Waals surface area contributed by atoms with Crippen molar-refractivity contribution in [1.29, 1.82) is 0 Å². The molecule has 2 aliphatic rings. The summed E-state index contributed by atoms with van der Waals surface area (Å²) in [6.07, 6.45) is 3.50. The number of benzene rings is 1. The topological polar surface area (TPSA) is 62.3 Å². The summed E-state index contributed by atoms with van der Waals surface area (Å²) in [5.41, 5.74) is 3.43. The van der Waals surface area contributed by atoms with E-state index in [0.717, 1.165) is 55.9 Å². The van der Waals surface area contributed by atoms with Crippen molar-refractivity contribution in [2.75, 3.05) is 41.8 Å². The average molecular weight is 367 g/mol. The zero-order valence-corrected chi connectivity index (χ0v) is 16.2. The van der Waals surface area contributed by atoms with E-state index in [1.54, 1.807) is 0 Å². The van der Waals surface area contributed by atoms with Crippen LogP contribution in [0.1, 0.15) is 44.7 Å². The number of ether oxygens (including phenoxy) is 1. The van der Waals surface area contributed by atoms with Crippen LogP contribution in [-0.4, -0.2) is 42.3 Å². The highest BCUT2D eigenvalue weighted by Crippen LogP contribution is 2.40. The minimum absolute atomic E-state index is 0.361. The highest BCUT2D eigenvalue weighted by Gasteiger charge is 2.26. The number of nitrogens with zero attached hydrogens (tertiary/aromatic N) is 3. The predicted octanol–water partition coefficient (Wildman–Crippen LogP) is 4.14. The standard InChI is InChI=1S/C21H29N5O/c1-3-15(2)22-21-24-19(16-4-5-16)14-20(25-21)23-17-6-8-18(9-7-17)26-10-12-27-13-11-26/h6-9,14-16H,3-5,10-13H2,1-2H3,(H2,22,23,24,25)/t15-/m0/s1. The van der Waals surface area contributed by atoms with Crippen LogP contribution in [0.4, 0.5) is 23.1 Å².